The molecule has 0 radical (unpaired) electrons. The van der Waals surface area contributed by atoms with Crippen LogP contribution in [-0.2, 0) is 0 Å². The first-order valence-electron chi connectivity index (χ1n) is 12.9. The smallest absolute Gasteiger partial charge is 0.119 e. The van der Waals surface area contributed by atoms with Gasteiger partial charge in [-0.25, -0.2) is 0 Å². The standard InChI is InChI=1S/C32H35NO3/c1-34-26-15-12-24(13-16-26)29-18-14-25-23-28(35-2)17-19-30(25)32(29)31-11-6-7-20-33(31)21-8-22-36-27-9-4-3-5-10-27/h3-5,9-10,12-19,23,31H,6-8,11,20-22H2,1-2H3. The summed E-state index contributed by atoms with van der Waals surface area (Å²) in [6.45, 7) is 2.86. The highest BCUT2D eigenvalue weighted by atomic mass is 16.5. The molecule has 1 unspecified atom stereocenters. The molecule has 36 heavy (non-hydrogen) atoms. The molecule has 1 saturated heterocycles. The fourth-order valence-corrected chi connectivity index (χ4v) is 5.40. The van der Waals surface area contributed by atoms with Crippen LogP contribution < -0.4 is 14.2 Å². The van der Waals surface area contributed by atoms with Crippen LogP contribution in [0.3, 0.4) is 0 Å². The second-order valence-electron chi connectivity index (χ2n) is 9.40. The number of ether oxygens (including phenoxy) is 3. The van der Waals surface area contributed by atoms with Crippen molar-refractivity contribution in [3.05, 3.63) is 90.5 Å². The molecule has 1 atom stereocenters. The van der Waals surface area contributed by atoms with E-state index in [9.17, 15) is 0 Å². The van der Waals surface area contributed by atoms with E-state index < -0.39 is 0 Å². The molecule has 0 N–H and O–H groups in total. The maximum absolute atomic E-state index is 6.00. The molecular weight excluding hydrogens is 446 g/mol. The summed E-state index contributed by atoms with van der Waals surface area (Å²) >= 11 is 0. The van der Waals surface area contributed by atoms with E-state index in [1.54, 1.807) is 14.2 Å². The second-order valence-corrected chi connectivity index (χ2v) is 9.40. The fraction of sp³-hybridized carbons (Fsp3) is 0.312. The Morgan fingerprint density at radius 2 is 1.56 bits per heavy atom. The predicted octanol–water partition coefficient (Wildman–Crippen LogP) is 7.52. The Labute approximate surface area is 214 Å². The zero-order chi connectivity index (χ0) is 24.7. The van der Waals surface area contributed by atoms with Crippen molar-refractivity contribution in [1.29, 1.82) is 0 Å². The van der Waals surface area contributed by atoms with E-state index in [1.165, 1.54) is 40.3 Å². The summed E-state index contributed by atoms with van der Waals surface area (Å²) in [6, 6.07) is 29.9. The molecule has 0 spiro atoms. The third kappa shape index (κ3) is 5.34. The van der Waals surface area contributed by atoms with E-state index in [0.29, 0.717) is 6.04 Å². The lowest BCUT2D eigenvalue weighted by Gasteiger charge is -2.38. The van der Waals surface area contributed by atoms with Crippen LogP contribution in [0.4, 0.5) is 0 Å². The normalized spacial score (nSPS) is 16.1. The van der Waals surface area contributed by atoms with Gasteiger partial charge in [0.15, 0.2) is 0 Å². The van der Waals surface area contributed by atoms with Gasteiger partial charge in [-0.05, 0) is 89.7 Å². The summed E-state index contributed by atoms with van der Waals surface area (Å²) in [7, 11) is 3.44. The maximum Gasteiger partial charge on any atom is 0.119 e. The van der Waals surface area contributed by atoms with Gasteiger partial charge in [0, 0.05) is 12.6 Å². The van der Waals surface area contributed by atoms with Crippen LogP contribution in [0.5, 0.6) is 17.2 Å². The van der Waals surface area contributed by atoms with E-state index in [-0.39, 0.29) is 0 Å². The molecule has 4 aromatic carbocycles. The SMILES string of the molecule is COc1ccc(-c2ccc3cc(OC)ccc3c2C2CCCCN2CCCOc2ccccc2)cc1. The summed E-state index contributed by atoms with van der Waals surface area (Å²) in [4.78, 5) is 2.67. The van der Waals surface area contributed by atoms with Crippen molar-refractivity contribution < 1.29 is 14.2 Å². The van der Waals surface area contributed by atoms with Gasteiger partial charge in [0.05, 0.1) is 20.8 Å². The molecule has 1 aliphatic heterocycles. The molecule has 186 valence electrons. The topological polar surface area (TPSA) is 30.9 Å². The van der Waals surface area contributed by atoms with Crippen LogP contribution >= 0.6 is 0 Å². The van der Waals surface area contributed by atoms with E-state index in [2.05, 4.69) is 59.5 Å². The van der Waals surface area contributed by atoms with Gasteiger partial charge in [-0.1, -0.05) is 55.0 Å². The Morgan fingerprint density at radius 1 is 0.778 bits per heavy atom. The summed E-state index contributed by atoms with van der Waals surface area (Å²) in [5, 5.41) is 2.53. The summed E-state index contributed by atoms with van der Waals surface area (Å²) < 4.78 is 16.9. The van der Waals surface area contributed by atoms with Crippen LogP contribution in [0.25, 0.3) is 21.9 Å². The Kier molecular flexibility index (Phi) is 7.73. The number of nitrogens with zero attached hydrogens (tertiary/aromatic N) is 1. The van der Waals surface area contributed by atoms with Crippen molar-refractivity contribution in [2.45, 2.75) is 31.7 Å². The van der Waals surface area contributed by atoms with Crippen LogP contribution in [0, 0.1) is 0 Å². The molecule has 0 saturated carbocycles. The average molecular weight is 482 g/mol. The Bertz CT molecular complexity index is 1270. The molecule has 0 amide bonds. The van der Waals surface area contributed by atoms with Crippen molar-refractivity contribution in [3.8, 4) is 28.4 Å². The Morgan fingerprint density at radius 3 is 2.33 bits per heavy atom. The van der Waals surface area contributed by atoms with E-state index >= 15 is 0 Å². The van der Waals surface area contributed by atoms with Gasteiger partial charge in [0.1, 0.15) is 17.2 Å². The summed E-state index contributed by atoms with van der Waals surface area (Å²) in [6.07, 6.45) is 4.65. The third-order valence-electron chi connectivity index (χ3n) is 7.22. The van der Waals surface area contributed by atoms with Gasteiger partial charge < -0.3 is 14.2 Å². The quantitative estimate of drug-likeness (QED) is 0.231. The molecule has 4 nitrogen and oxygen atoms in total. The summed E-state index contributed by atoms with van der Waals surface area (Å²) in [5.41, 5.74) is 3.94. The fourth-order valence-electron chi connectivity index (χ4n) is 5.40. The third-order valence-corrected chi connectivity index (χ3v) is 7.22. The van der Waals surface area contributed by atoms with Crippen molar-refractivity contribution >= 4 is 10.8 Å². The van der Waals surface area contributed by atoms with E-state index in [0.717, 1.165) is 49.8 Å². The average Bonchev–Trinajstić information content (AvgIpc) is 2.95. The maximum atomic E-state index is 6.00. The van der Waals surface area contributed by atoms with Crippen LogP contribution in [0.2, 0.25) is 0 Å². The molecular formula is C32H35NO3. The molecule has 1 aliphatic rings. The highest BCUT2D eigenvalue weighted by molar-refractivity contribution is 5.93. The number of hydrogen-bond donors (Lipinski definition) is 0. The largest absolute Gasteiger partial charge is 0.497 e. The zero-order valence-corrected chi connectivity index (χ0v) is 21.3. The first-order valence-corrected chi connectivity index (χ1v) is 12.9. The van der Waals surface area contributed by atoms with Crippen molar-refractivity contribution in [2.75, 3.05) is 33.9 Å². The van der Waals surface area contributed by atoms with Gasteiger partial charge in [0.2, 0.25) is 0 Å². The minimum absolute atomic E-state index is 0.365. The summed E-state index contributed by atoms with van der Waals surface area (Å²) in [5.74, 6) is 2.71. The van der Waals surface area contributed by atoms with Crippen LogP contribution in [-0.4, -0.2) is 38.8 Å². The second kappa shape index (κ2) is 11.5. The molecule has 1 fully saturated rings. The lowest BCUT2D eigenvalue weighted by Crippen LogP contribution is -2.35. The van der Waals surface area contributed by atoms with Crippen LogP contribution in [0.15, 0.2) is 84.9 Å². The lowest BCUT2D eigenvalue weighted by atomic mass is 9.85. The number of methoxy groups -OCH3 is 2. The number of piperidine rings is 1. The highest BCUT2D eigenvalue weighted by Crippen LogP contribution is 2.42. The zero-order valence-electron chi connectivity index (χ0n) is 21.3. The first kappa shape index (κ1) is 24.2. The van der Waals surface area contributed by atoms with Gasteiger partial charge >= 0.3 is 0 Å². The van der Waals surface area contributed by atoms with Crippen molar-refractivity contribution in [2.24, 2.45) is 0 Å². The van der Waals surface area contributed by atoms with Crippen molar-refractivity contribution in [3.63, 3.8) is 0 Å². The monoisotopic (exact) mass is 481 g/mol. The lowest BCUT2D eigenvalue weighted by molar-refractivity contribution is 0.139. The number of hydrogen-bond acceptors (Lipinski definition) is 4. The highest BCUT2D eigenvalue weighted by Gasteiger charge is 2.27. The minimum Gasteiger partial charge on any atom is -0.497 e. The number of likely N-dealkylation sites (tertiary alicyclic amines) is 1. The van der Waals surface area contributed by atoms with Gasteiger partial charge in [0.25, 0.3) is 0 Å². The van der Waals surface area contributed by atoms with Crippen molar-refractivity contribution in [1.82, 2.24) is 4.90 Å². The molecule has 1 heterocycles. The molecule has 0 aromatic heterocycles. The molecule has 4 heteroatoms. The van der Waals surface area contributed by atoms with Gasteiger partial charge in [-0.15, -0.1) is 0 Å². The van der Waals surface area contributed by atoms with Gasteiger partial charge in [-0.2, -0.15) is 0 Å². The molecule has 0 aliphatic carbocycles. The number of rotatable bonds is 9. The predicted molar refractivity (Wildman–Crippen MR) is 147 cm³/mol. The van der Waals surface area contributed by atoms with E-state index in [4.69, 9.17) is 14.2 Å². The number of benzene rings is 4. The van der Waals surface area contributed by atoms with Gasteiger partial charge in [-0.3, -0.25) is 4.90 Å². The minimum atomic E-state index is 0.365. The Balaban J connectivity index is 1.47. The van der Waals surface area contributed by atoms with E-state index in [1.807, 2.05) is 30.3 Å². The number of fused-ring (bicyclic) bond motifs is 1. The van der Waals surface area contributed by atoms with Crippen LogP contribution in [0.1, 0.15) is 37.3 Å². The molecule has 4 aromatic rings. The molecule has 5 rings (SSSR count). The Hall–Kier alpha value is -3.50. The molecule has 0 bridgehead atoms. The number of para-hydroxylation sites is 1. The first-order chi connectivity index (χ1) is 17.8.